The Morgan fingerprint density at radius 2 is 0.829 bits per heavy atom. The molecule has 4 rings (SSSR count). The highest BCUT2D eigenvalue weighted by molar-refractivity contribution is 9.10. The summed E-state index contributed by atoms with van der Waals surface area (Å²) in [4.78, 5) is 25.0. The van der Waals surface area contributed by atoms with Gasteiger partial charge in [0.25, 0.3) is 11.8 Å². The molecule has 4 aromatic rings. The predicted molar refractivity (Wildman–Crippen MR) is 143 cm³/mol. The maximum absolute atomic E-state index is 13.0. The number of halogens is 2. The molecule has 2 N–H and O–H groups in total. The fraction of sp³-hybridized carbons (Fsp3) is 0. The lowest BCUT2D eigenvalue weighted by atomic mass is 10.2. The van der Waals surface area contributed by atoms with Gasteiger partial charge in [0.1, 0.15) is 0 Å². The molecule has 0 saturated carbocycles. The maximum atomic E-state index is 13.0. The largest absolute Gasteiger partial charge is 0.322 e. The van der Waals surface area contributed by atoms with Gasteiger partial charge in [-0.3, -0.25) is 9.59 Å². The van der Waals surface area contributed by atoms with Gasteiger partial charge in [0.2, 0.25) is 9.84 Å². The minimum Gasteiger partial charge on any atom is -0.322 e. The molecule has 0 aliphatic rings. The second-order valence-electron chi connectivity index (χ2n) is 7.47. The van der Waals surface area contributed by atoms with E-state index >= 15 is 0 Å². The first-order valence-electron chi connectivity index (χ1n) is 10.3. The lowest BCUT2D eigenvalue weighted by Crippen LogP contribution is -2.13. The topological polar surface area (TPSA) is 92.3 Å². The summed E-state index contributed by atoms with van der Waals surface area (Å²) in [5.41, 5.74) is 1.90. The minimum absolute atomic E-state index is 0.0461. The molecule has 0 saturated heterocycles. The number of amides is 2. The van der Waals surface area contributed by atoms with Crippen LogP contribution >= 0.6 is 31.9 Å². The number of sulfone groups is 1. The molecule has 4 aromatic carbocycles. The molecule has 0 heterocycles. The fourth-order valence-corrected chi connectivity index (χ4v) is 4.97. The summed E-state index contributed by atoms with van der Waals surface area (Å²) in [6, 6.07) is 25.6. The second kappa shape index (κ2) is 10.6. The first-order chi connectivity index (χ1) is 16.7. The van der Waals surface area contributed by atoms with E-state index in [0.29, 0.717) is 22.5 Å². The first kappa shape index (κ1) is 24.8. The molecule has 0 aromatic heterocycles. The molecule has 176 valence electrons. The van der Waals surface area contributed by atoms with Crippen LogP contribution in [0, 0.1) is 0 Å². The van der Waals surface area contributed by atoms with Crippen molar-refractivity contribution in [1.29, 1.82) is 0 Å². The summed E-state index contributed by atoms with van der Waals surface area (Å²) >= 11 is 6.68. The Labute approximate surface area is 219 Å². The predicted octanol–water partition coefficient (Wildman–Crippen LogP) is 6.55. The van der Waals surface area contributed by atoms with E-state index in [2.05, 4.69) is 42.5 Å². The van der Waals surface area contributed by atoms with Crippen LogP contribution in [-0.2, 0) is 9.84 Å². The molecule has 0 unspecified atom stereocenters. The van der Waals surface area contributed by atoms with E-state index in [-0.39, 0.29) is 21.6 Å². The smallest absolute Gasteiger partial charge is 0.255 e. The number of carbonyl (C=O) groups is 2. The molecule has 0 aliphatic carbocycles. The molecule has 9 heteroatoms. The van der Waals surface area contributed by atoms with E-state index in [1.165, 1.54) is 48.5 Å². The fourth-order valence-electron chi connectivity index (χ4n) is 3.18. The summed E-state index contributed by atoms with van der Waals surface area (Å²) in [5, 5.41) is 5.53. The van der Waals surface area contributed by atoms with Crippen LogP contribution in [-0.4, -0.2) is 20.2 Å². The lowest BCUT2D eigenvalue weighted by Gasteiger charge is -2.09. The van der Waals surface area contributed by atoms with Crippen LogP contribution in [0.15, 0.2) is 116 Å². The number of anilines is 2. The van der Waals surface area contributed by atoms with Gasteiger partial charge in [0, 0.05) is 31.4 Å². The molecule has 6 nitrogen and oxygen atoms in total. The summed E-state index contributed by atoms with van der Waals surface area (Å²) in [7, 11) is -3.83. The van der Waals surface area contributed by atoms with E-state index < -0.39 is 9.84 Å². The number of benzene rings is 4. The van der Waals surface area contributed by atoms with Crippen LogP contribution in [0.25, 0.3) is 0 Å². The molecule has 0 fully saturated rings. The van der Waals surface area contributed by atoms with E-state index in [9.17, 15) is 18.0 Å². The molecule has 0 radical (unpaired) electrons. The average molecular weight is 614 g/mol. The van der Waals surface area contributed by atoms with E-state index in [1.807, 2.05) is 0 Å². The van der Waals surface area contributed by atoms with Gasteiger partial charge in [0.05, 0.1) is 9.79 Å². The van der Waals surface area contributed by atoms with E-state index in [4.69, 9.17) is 0 Å². The van der Waals surface area contributed by atoms with Crippen molar-refractivity contribution in [2.75, 3.05) is 10.6 Å². The molecule has 0 atom stereocenters. The summed E-state index contributed by atoms with van der Waals surface area (Å²) in [6.07, 6.45) is 0. The lowest BCUT2D eigenvalue weighted by molar-refractivity contribution is 0.101. The van der Waals surface area contributed by atoms with Gasteiger partial charge < -0.3 is 10.6 Å². The van der Waals surface area contributed by atoms with Crippen LogP contribution in [0.2, 0.25) is 0 Å². The Morgan fingerprint density at radius 1 is 0.514 bits per heavy atom. The van der Waals surface area contributed by atoms with Crippen molar-refractivity contribution in [3.63, 3.8) is 0 Å². The number of hydrogen-bond acceptors (Lipinski definition) is 4. The SMILES string of the molecule is O=C(Nc1ccc(Br)cc1)c1ccc(S(=O)(=O)c2ccc(C(=O)Nc3ccc(Br)cc3)cc2)cc1. The van der Waals surface area contributed by atoms with Crippen LogP contribution in [0.4, 0.5) is 11.4 Å². The Balaban J connectivity index is 1.45. The third-order valence-electron chi connectivity index (χ3n) is 5.06. The molecule has 0 aliphatic heterocycles. The summed E-state index contributed by atoms with van der Waals surface area (Å²) in [5.74, 6) is -0.699. The maximum Gasteiger partial charge on any atom is 0.255 e. The molecule has 2 amide bonds. The zero-order valence-electron chi connectivity index (χ0n) is 18.0. The minimum atomic E-state index is -3.83. The van der Waals surface area contributed by atoms with Crippen molar-refractivity contribution in [3.05, 3.63) is 117 Å². The van der Waals surface area contributed by atoms with Crippen molar-refractivity contribution in [3.8, 4) is 0 Å². The van der Waals surface area contributed by atoms with Crippen molar-refractivity contribution in [2.24, 2.45) is 0 Å². The van der Waals surface area contributed by atoms with Gasteiger partial charge in [-0.25, -0.2) is 8.42 Å². The Bertz CT molecular complexity index is 1360. The van der Waals surface area contributed by atoms with E-state index in [0.717, 1.165) is 8.95 Å². The van der Waals surface area contributed by atoms with Gasteiger partial charge in [-0.1, -0.05) is 31.9 Å². The number of hydrogen-bond donors (Lipinski definition) is 2. The zero-order chi connectivity index (χ0) is 25.0. The molecular weight excluding hydrogens is 596 g/mol. The van der Waals surface area contributed by atoms with E-state index in [1.54, 1.807) is 48.5 Å². The summed E-state index contributed by atoms with van der Waals surface area (Å²) < 4.78 is 27.8. The Morgan fingerprint density at radius 3 is 1.14 bits per heavy atom. The van der Waals surface area contributed by atoms with Gasteiger partial charge in [-0.05, 0) is 97.1 Å². The Kier molecular flexibility index (Phi) is 7.49. The number of carbonyl (C=O) groups excluding carboxylic acids is 2. The third-order valence-corrected chi connectivity index (χ3v) is 7.90. The van der Waals surface area contributed by atoms with Gasteiger partial charge in [-0.2, -0.15) is 0 Å². The van der Waals surface area contributed by atoms with Gasteiger partial charge in [-0.15, -0.1) is 0 Å². The highest BCUT2D eigenvalue weighted by Gasteiger charge is 2.19. The number of rotatable bonds is 6. The van der Waals surface area contributed by atoms with Gasteiger partial charge >= 0.3 is 0 Å². The van der Waals surface area contributed by atoms with Crippen LogP contribution in [0.3, 0.4) is 0 Å². The molecule has 0 spiro atoms. The van der Waals surface area contributed by atoms with Gasteiger partial charge in [0.15, 0.2) is 0 Å². The van der Waals surface area contributed by atoms with Crippen molar-refractivity contribution in [2.45, 2.75) is 9.79 Å². The summed E-state index contributed by atoms with van der Waals surface area (Å²) in [6.45, 7) is 0. The van der Waals surface area contributed by atoms with Crippen LogP contribution in [0.1, 0.15) is 20.7 Å². The molecule has 35 heavy (non-hydrogen) atoms. The molecular formula is C26H18Br2N2O4S. The first-order valence-corrected chi connectivity index (χ1v) is 13.4. The highest BCUT2D eigenvalue weighted by Crippen LogP contribution is 2.23. The standard InChI is InChI=1S/C26H18Br2N2O4S/c27-19-5-9-21(10-6-19)29-25(31)17-1-13-23(14-2-17)35(33,34)24-15-3-18(4-16-24)26(32)30-22-11-7-20(28)8-12-22/h1-16H,(H,29,31)(H,30,32). The monoisotopic (exact) mass is 612 g/mol. The van der Waals surface area contributed by atoms with Crippen LogP contribution in [0.5, 0.6) is 0 Å². The van der Waals surface area contributed by atoms with Crippen molar-refractivity contribution >= 4 is 64.9 Å². The van der Waals surface area contributed by atoms with Crippen molar-refractivity contribution in [1.82, 2.24) is 0 Å². The third kappa shape index (κ3) is 6.05. The number of nitrogens with one attached hydrogen (secondary N) is 2. The highest BCUT2D eigenvalue weighted by atomic mass is 79.9. The van der Waals surface area contributed by atoms with Crippen molar-refractivity contribution < 1.29 is 18.0 Å². The molecule has 0 bridgehead atoms. The average Bonchev–Trinajstić information content (AvgIpc) is 2.87. The zero-order valence-corrected chi connectivity index (χ0v) is 22.0. The Hall–Kier alpha value is -3.27. The second-order valence-corrected chi connectivity index (χ2v) is 11.3. The normalized spacial score (nSPS) is 11.0. The quantitative estimate of drug-likeness (QED) is 0.258. The van der Waals surface area contributed by atoms with Crippen LogP contribution < -0.4 is 10.6 Å².